The van der Waals surface area contributed by atoms with Crippen molar-refractivity contribution in [2.24, 2.45) is 0 Å². The van der Waals surface area contributed by atoms with Gasteiger partial charge in [-0.3, -0.25) is 9.69 Å². The first-order valence-corrected chi connectivity index (χ1v) is 6.62. The molecule has 2 unspecified atom stereocenters. The van der Waals surface area contributed by atoms with Crippen LogP contribution in [-0.2, 0) is 9.53 Å². The summed E-state index contributed by atoms with van der Waals surface area (Å²) in [6, 6.07) is -0.403. The van der Waals surface area contributed by atoms with Gasteiger partial charge in [0.05, 0.1) is 18.8 Å². The van der Waals surface area contributed by atoms with Gasteiger partial charge in [0.1, 0.15) is 6.54 Å². The molecule has 2 rings (SSSR count). The van der Waals surface area contributed by atoms with Gasteiger partial charge in [-0.05, 0) is 12.8 Å². The molecule has 4 nitrogen and oxygen atoms in total. The highest BCUT2D eigenvalue weighted by atomic mass is 19.4. The van der Waals surface area contributed by atoms with Crippen LogP contribution in [0.25, 0.3) is 0 Å². The zero-order valence-electron chi connectivity index (χ0n) is 10.9. The number of nitrogens with zero attached hydrogens (tertiary/aromatic N) is 2. The van der Waals surface area contributed by atoms with Crippen molar-refractivity contribution in [3.8, 4) is 0 Å². The molecule has 0 aromatic rings. The van der Waals surface area contributed by atoms with Gasteiger partial charge >= 0.3 is 6.18 Å². The quantitative estimate of drug-likeness (QED) is 0.780. The molecule has 0 aliphatic carbocycles. The summed E-state index contributed by atoms with van der Waals surface area (Å²) in [6.07, 6.45) is -2.91. The van der Waals surface area contributed by atoms with Crippen molar-refractivity contribution in [1.82, 2.24) is 9.80 Å². The average molecular weight is 280 g/mol. The fourth-order valence-electron chi connectivity index (χ4n) is 2.71. The number of hydrogen-bond donors (Lipinski definition) is 0. The minimum absolute atomic E-state index is 0.0817. The number of carbonyl (C=O) groups excluding carboxylic acids is 1. The van der Waals surface area contributed by atoms with Gasteiger partial charge in [-0.2, -0.15) is 13.2 Å². The van der Waals surface area contributed by atoms with Gasteiger partial charge < -0.3 is 9.64 Å². The fraction of sp³-hybridized carbons (Fsp3) is 0.917. The maximum absolute atomic E-state index is 12.3. The van der Waals surface area contributed by atoms with Gasteiger partial charge in [-0.15, -0.1) is 0 Å². The molecule has 2 atom stereocenters. The Hall–Kier alpha value is -0.820. The molecule has 1 amide bonds. The summed E-state index contributed by atoms with van der Waals surface area (Å²) in [6.45, 7) is 2.85. The number of morpholine rings is 1. The lowest BCUT2D eigenvalue weighted by Gasteiger charge is -2.35. The molecular weight excluding hydrogens is 261 g/mol. The molecule has 0 radical (unpaired) electrons. The largest absolute Gasteiger partial charge is 0.406 e. The minimum atomic E-state index is -4.32. The Morgan fingerprint density at radius 1 is 1.37 bits per heavy atom. The van der Waals surface area contributed by atoms with Gasteiger partial charge in [-0.25, -0.2) is 0 Å². The van der Waals surface area contributed by atoms with Gasteiger partial charge in [0.25, 0.3) is 0 Å². The number of likely N-dealkylation sites (tertiary alicyclic amines) is 1. The number of carbonyl (C=O) groups is 1. The molecule has 2 aliphatic rings. The summed E-state index contributed by atoms with van der Waals surface area (Å²) in [7, 11) is 0. The highest BCUT2D eigenvalue weighted by Crippen LogP contribution is 2.24. The Bertz CT molecular complexity index is 335. The van der Waals surface area contributed by atoms with Crippen LogP contribution in [0.2, 0.25) is 0 Å². The standard InChI is InChI=1S/C12H19F3N2O2/c1-2-9-7-16(5-6-19-9)10-3-4-17(11(10)18)8-12(13,14)15/h9-10H,2-8H2,1H3. The Kier molecular flexibility index (Phi) is 4.35. The van der Waals surface area contributed by atoms with E-state index in [0.717, 1.165) is 11.3 Å². The number of ether oxygens (including phenoxy) is 1. The lowest BCUT2D eigenvalue weighted by Crippen LogP contribution is -2.51. The number of alkyl halides is 3. The van der Waals surface area contributed by atoms with E-state index in [1.807, 2.05) is 11.8 Å². The summed E-state index contributed by atoms with van der Waals surface area (Å²) >= 11 is 0. The second kappa shape index (κ2) is 5.66. The molecule has 2 aliphatic heterocycles. The number of halogens is 3. The molecule has 0 spiro atoms. The van der Waals surface area contributed by atoms with Crippen LogP contribution in [0.3, 0.4) is 0 Å². The van der Waals surface area contributed by atoms with Crippen LogP contribution in [0.1, 0.15) is 19.8 Å². The number of rotatable bonds is 3. The van der Waals surface area contributed by atoms with E-state index < -0.39 is 24.7 Å². The maximum atomic E-state index is 12.3. The van der Waals surface area contributed by atoms with E-state index in [-0.39, 0.29) is 12.6 Å². The third kappa shape index (κ3) is 3.60. The molecule has 0 saturated carbocycles. The van der Waals surface area contributed by atoms with E-state index >= 15 is 0 Å². The SMILES string of the molecule is CCC1CN(C2CCN(CC(F)(F)F)C2=O)CCO1. The summed E-state index contributed by atoms with van der Waals surface area (Å²) in [4.78, 5) is 14.9. The average Bonchev–Trinajstić information content (AvgIpc) is 2.69. The molecule has 0 aromatic carbocycles. The number of hydrogen-bond acceptors (Lipinski definition) is 3. The predicted octanol–water partition coefficient (Wildman–Crippen LogP) is 1.26. The van der Waals surface area contributed by atoms with Crippen LogP contribution in [-0.4, -0.2) is 66.8 Å². The lowest BCUT2D eigenvalue weighted by molar-refractivity contribution is -0.160. The van der Waals surface area contributed by atoms with Crippen molar-refractivity contribution >= 4 is 5.91 Å². The van der Waals surface area contributed by atoms with Crippen molar-refractivity contribution in [2.45, 2.75) is 38.1 Å². The van der Waals surface area contributed by atoms with E-state index in [9.17, 15) is 18.0 Å². The first kappa shape index (κ1) is 14.6. The van der Waals surface area contributed by atoms with E-state index in [0.29, 0.717) is 26.1 Å². The number of amides is 1. The summed E-state index contributed by atoms with van der Waals surface area (Å²) in [5.74, 6) is -0.394. The predicted molar refractivity (Wildman–Crippen MR) is 62.6 cm³/mol. The summed E-state index contributed by atoms with van der Waals surface area (Å²) in [5, 5.41) is 0. The Morgan fingerprint density at radius 2 is 2.11 bits per heavy atom. The zero-order chi connectivity index (χ0) is 14.0. The van der Waals surface area contributed by atoms with Gasteiger partial charge in [0.15, 0.2) is 0 Å². The topological polar surface area (TPSA) is 32.8 Å². The van der Waals surface area contributed by atoms with Crippen LogP contribution in [0.4, 0.5) is 13.2 Å². The Labute approximate surface area is 110 Å². The monoisotopic (exact) mass is 280 g/mol. The lowest BCUT2D eigenvalue weighted by atomic mass is 10.1. The molecule has 2 heterocycles. The van der Waals surface area contributed by atoms with Crippen LogP contribution < -0.4 is 0 Å². The van der Waals surface area contributed by atoms with E-state index in [1.165, 1.54) is 0 Å². The van der Waals surface area contributed by atoms with Crippen LogP contribution in [0, 0.1) is 0 Å². The molecule has 2 saturated heterocycles. The molecule has 0 N–H and O–H groups in total. The van der Waals surface area contributed by atoms with Crippen molar-refractivity contribution in [2.75, 3.05) is 32.8 Å². The van der Waals surface area contributed by atoms with Gasteiger partial charge in [-0.1, -0.05) is 6.92 Å². The Morgan fingerprint density at radius 3 is 2.74 bits per heavy atom. The fourth-order valence-corrected chi connectivity index (χ4v) is 2.71. The summed E-state index contributed by atoms with van der Waals surface area (Å²) < 4.78 is 42.5. The van der Waals surface area contributed by atoms with E-state index in [4.69, 9.17) is 4.74 Å². The van der Waals surface area contributed by atoms with Gasteiger partial charge in [0.2, 0.25) is 5.91 Å². The third-order valence-corrected chi connectivity index (χ3v) is 3.71. The van der Waals surface area contributed by atoms with Gasteiger partial charge in [0, 0.05) is 19.6 Å². The second-order valence-electron chi connectivity index (χ2n) is 5.08. The molecule has 110 valence electrons. The maximum Gasteiger partial charge on any atom is 0.406 e. The molecule has 0 bridgehead atoms. The molecule has 7 heteroatoms. The first-order valence-electron chi connectivity index (χ1n) is 6.62. The molecule has 0 aromatic heterocycles. The smallest absolute Gasteiger partial charge is 0.376 e. The molecule has 2 fully saturated rings. The highest BCUT2D eigenvalue weighted by molar-refractivity contribution is 5.84. The first-order chi connectivity index (χ1) is 8.90. The van der Waals surface area contributed by atoms with Crippen LogP contribution >= 0.6 is 0 Å². The second-order valence-corrected chi connectivity index (χ2v) is 5.08. The van der Waals surface area contributed by atoms with Crippen molar-refractivity contribution < 1.29 is 22.7 Å². The van der Waals surface area contributed by atoms with E-state index in [1.54, 1.807) is 0 Å². The Balaban J connectivity index is 1.94. The summed E-state index contributed by atoms with van der Waals surface area (Å²) in [5.41, 5.74) is 0. The highest BCUT2D eigenvalue weighted by Gasteiger charge is 2.42. The normalized spacial score (nSPS) is 30.1. The van der Waals surface area contributed by atoms with E-state index in [2.05, 4.69) is 0 Å². The van der Waals surface area contributed by atoms with Crippen LogP contribution in [0.15, 0.2) is 0 Å². The minimum Gasteiger partial charge on any atom is -0.376 e. The van der Waals surface area contributed by atoms with Crippen molar-refractivity contribution in [1.29, 1.82) is 0 Å². The molecule has 19 heavy (non-hydrogen) atoms. The molecular formula is C12H19F3N2O2. The van der Waals surface area contributed by atoms with Crippen molar-refractivity contribution in [3.63, 3.8) is 0 Å². The van der Waals surface area contributed by atoms with Crippen molar-refractivity contribution in [3.05, 3.63) is 0 Å². The zero-order valence-corrected chi connectivity index (χ0v) is 10.9. The van der Waals surface area contributed by atoms with Crippen LogP contribution in [0.5, 0.6) is 0 Å². The third-order valence-electron chi connectivity index (χ3n) is 3.71.